The number of benzene rings is 3. The first-order valence-electron chi connectivity index (χ1n) is 13.8. The lowest BCUT2D eigenvalue weighted by Crippen LogP contribution is -2.40. The highest BCUT2D eigenvalue weighted by Gasteiger charge is 2.33. The summed E-state index contributed by atoms with van der Waals surface area (Å²) in [5.41, 5.74) is 4.81. The second-order valence-corrected chi connectivity index (χ2v) is 11.3. The molecule has 2 aromatic heterocycles. The quantitative estimate of drug-likeness (QED) is 0.260. The van der Waals surface area contributed by atoms with Gasteiger partial charge in [0, 0.05) is 34.4 Å². The van der Waals surface area contributed by atoms with Crippen LogP contribution in [0.15, 0.2) is 107 Å². The molecule has 216 valence electrons. The van der Waals surface area contributed by atoms with E-state index in [1.165, 1.54) is 24.5 Å². The average molecular weight is 591 g/mol. The molecule has 1 aliphatic rings. The lowest BCUT2D eigenvalue weighted by Gasteiger charge is -2.25. The van der Waals surface area contributed by atoms with E-state index >= 15 is 0 Å². The molecule has 43 heavy (non-hydrogen) atoms. The highest BCUT2D eigenvalue weighted by atomic mass is 32.1. The molecule has 1 atom stereocenters. The minimum Gasteiger partial charge on any atom is -0.504 e. The van der Waals surface area contributed by atoms with Crippen molar-refractivity contribution in [3.05, 3.63) is 133 Å². The van der Waals surface area contributed by atoms with Gasteiger partial charge in [0.1, 0.15) is 0 Å². The van der Waals surface area contributed by atoms with Crippen molar-refractivity contribution >= 4 is 39.9 Å². The van der Waals surface area contributed by atoms with Gasteiger partial charge in [0.15, 0.2) is 16.3 Å². The average Bonchev–Trinajstić information content (AvgIpc) is 3.45. The second kappa shape index (κ2) is 11.3. The molecule has 0 radical (unpaired) electrons. The number of carbonyl (C=O) groups is 1. The zero-order valence-electron chi connectivity index (χ0n) is 24.0. The summed E-state index contributed by atoms with van der Waals surface area (Å²) in [5, 5.41) is 14.3. The van der Waals surface area contributed by atoms with Gasteiger partial charge in [0.2, 0.25) is 0 Å². The maximum Gasteiger partial charge on any atom is 0.271 e. The lowest BCUT2D eigenvalue weighted by molar-refractivity contribution is -0.113. The molecule has 3 aromatic carbocycles. The van der Waals surface area contributed by atoms with Gasteiger partial charge in [-0.05, 0) is 55.8 Å². The van der Waals surface area contributed by atoms with Crippen molar-refractivity contribution in [3.63, 3.8) is 0 Å². The lowest BCUT2D eigenvalue weighted by atomic mass is 9.94. The molecule has 0 fully saturated rings. The zero-order chi connectivity index (χ0) is 30.2. The number of phenols is 1. The number of phenolic OH excluding ortho intramolecular Hbond substituents is 1. The monoisotopic (exact) mass is 590 g/mol. The van der Waals surface area contributed by atoms with Crippen molar-refractivity contribution in [3.8, 4) is 11.5 Å². The minimum atomic E-state index is -0.806. The van der Waals surface area contributed by atoms with E-state index in [4.69, 9.17) is 9.73 Å². The molecule has 1 aliphatic heterocycles. The van der Waals surface area contributed by atoms with Gasteiger partial charge >= 0.3 is 0 Å². The van der Waals surface area contributed by atoms with Crippen molar-refractivity contribution < 1.29 is 14.6 Å². The SMILES string of the molecule is C=CCn1c(C)c(/C=c2\sc3n(c2=O)[C@@H](c2ccc(O)c(OC)c2)C(C(=O)Nc2ccccc2)=C(C)N=3)c2ccccc21. The highest BCUT2D eigenvalue weighted by molar-refractivity contribution is 7.07. The molecule has 1 amide bonds. The van der Waals surface area contributed by atoms with E-state index in [9.17, 15) is 14.7 Å². The van der Waals surface area contributed by atoms with E-state index in [0.717, 1.165) is 22.2 Å². The van der Waals surface area contributed by atoms with Crippen LogP contribution in [0.3, 0.4) is 0 Å². The first-order valence-corrected chi connectivity index (χ1v) is 14.6. The fourth-order valence-corrected chi connectivity index (χ4v) is 6.68. The third-order valence-corrected chi connectivity index (χ3v) is 8.67. The number of ether oxygens (including phenoxy) is 1. The van der Waals surface area contributed by atoms with Gasteiger partial charge in [-0.25, -0.2) is 4.99 Å². The number of allylic oxidation sites excluding steroid dienone is 2. The van der Waals surface area contributed by atoms with Crippen LogP contribution in [-0.4, -0.2) is 27.3 Å². The number of carbonyl (C=O) groups excluding carboxylic acids is 1. The summed E-state index contributed by atoms with van der Waals surface area (Å²) in [6.07, 6.45) is 3.77. The Bertz CT molecular complexity index is 2120. The van der Waals surface area contributed by atoms with Crippen LogP contribution < -0.4 is 24.9 Å². The summed E-state index contributed by atoms with van der Waals surface area (Å²) in [7, 11) is 1.46. The molecular formula is C34H30N4O4S. The van der Waals surface area contributed by atoms with Crippen molar-refractivity contribution in [2.75, 3.05) is 12.4 Å². The van der Waals surface area contributed by atoms with E-state index in [2.05, 4.69) is 22.5 Å². The van der Waals surface area contributed by atoms with Gasteiger partial charge in [0.05, 0.1) is 29.0 Å². The summed E-state index contributed by atoms with van der Waals surface area (Å²) in [4.78, 5) is 33.3. The number of aromatic hydroxyl groups is 1. The molecule has 0 aliphatic carbocycles. The molecule has 2 N–H and O–H groups in total. The summed E-state index contributed by atoms with van der Waals surface area (Å²) in [6.45, 7) is 8.36. The molecule has 0 spiro atoms. The molecule has 6 rings (SSSR count). The number of thiazole rings is 1. The van der Waals surface area contributed by atoms with Crippen LogP contribution >= 0.6 is 11.3 Å². The largest absolute Gasteiger partial charge is 0.504 e. The Morgan fingerprint density at radius 2 is 1.86 bits per heavy atom. The predicted octanol–water partition coefficient (Wildman–Crippen LogP) is 5.04. The van der Waals surface area contributed by atoms with Crippen LogP contribution in [0.1, 0.15) is 29.8 Å². The van der Waals surface area contributed by atoms with E-state index < -0.39 is 6.04 Å². The van der Waals surface area contributed by atoms with Gasteiger partial charge in [0.25, 0.3) is 11.5 Å². The second-order valence-electron chi connectivity index (χ2n) is 10.2. The van der Waals surface area contributed by atoms with Crippen LogP contribution in [0, 0.1) is 6.92 Å². The van der Waals surface area contributed by atoms with Crippen LogP contribution in [0.2, 0.25) is 0 Å². The summed E-state index contributed by atoms with van der Waals surface area (Å²) < 4.78 is 9.62. The van der Waals surface area contributed by atoms with E-state index in [0.29, 0.717) is 38.4 Å². The number of amides is 1. The summed E-state index contributed by atoms with van der Waals surface area (Å²) >= 11 is 1.28. The number of nitrogens with one attached hydrogen (secondary N) is 1. The van der Waals surface area contributed by atoms with Crippen LogP contribution in [0.25, 0.3) is 17.0 Å². The van der Waals surface area contributed by atoms with E-state index in [1.54, 1.807) is 35.8 Å². The maximum atomic E-state index is 14.3. The molecular weight excluding hydrogens is 560 g/mol. The summed E-state index contributed by atoms with van der Waals surface area (Å²) in [5.74, 6) is -0.175. The van der Waals surface area contributed by atoms with E-state index in [-0.39, 0.29) is 23.0 Å². The molecule has 8 nitrogen and oxygen atoms in total. The molecule has 3 heterocycles. The normalized spacial score (nSPS) is 14.9. The maximum absolute atomic E-state index is 14.3. The highest BCUT2D eigenvalue weighted by Crippen LogP contribution is 2.35. The standard InChI is InChI=1S/C34H30N4O4S/c1-5-17-37-21(3)25(24-13-9-10-14-26(24)37)19-29-33(41)38-31(22-15-16-27(39)28(18-22)42-4)30(20(2)35-34(38)43-29)32(40)36-23-11-7-6-8-12-23/h5-16,18-19,31,39H,1,17H2,2-4H3,(H,36,40)/b29-19-/t31-/m0/s1. The first kappa shape index (κ1) is 28.0. The van der Waals surface area contributed by atoms with Crippen molar-refractivity contribution in [2.45, 2.75) is 26.4 Å². The Morgan fingerprint density at radius 1 is 1.12 bits per heavy atom. The molecule has 5 aromatic rings. The Labute approximate surface area is 251 Å². The van der Waals surface area contributed by atoms with Gasteiger partial charge < -0.3 is 19.7 Å². The minimum absolute atomic E-state index is 0.0407. The number of methoxy groups -OCH3 is 1. The zero-order valence-corrected chi connectivity index (χ0v) is 24.8. The number of anilines is 1. The fourth-order valence-electron chi connectivity index (χ4n) is 5.65. The molecule has 9 heteroatoms. The smallest absolute Gasteiger partial charge is 0.271 e. The number of para-hydroxylation sites is 2. The van der Waals surface area contributed by atoms with Gasteiger partial charge in [-0.3, -0.25) is 14.2 Å². The number of rotatable bonds is 7. The van der Waals surface area contributed by atoms with Crippen LogP contribution in [0.4, 0.5) is 5.69 Å². The third-order valence-electron chi connectivity index (χ3n) is 7.68. The van der Waals surface area contributed by atoms with Gasteiger partial charge in [-0.1, -0.05) is 59.9 Å². The van der Waals surface area contributed by atoms with Crippen LogP contribution in [-0.2, 0) is 11.3 Å². The first-order chi connectivity index (χ1) is 20.8. The van der Waals surface area contributed by atoms with Crippen molar-refractivity contribution in [2.24, 2.45) is 4.99 Å². The fraction of sp³-hybridized carbons (Fsp3) is 0.147. The predicted molar refractivity (Wildman–Crippen MR) is 170 cm³/mol. The van der Waals surface area contributed by atoms with Crippen LogP contribution in [0.5, 0.6) is 11.5 Å². The van der Waals surface area contributed by atoms with E-state index in [1.807, 2.05) is 55.5 Å². The van der Waals surface area contributed by atoms with Gasteiger partial charge in [-0.15, -0.1) is 6.58 Å². The molecule has 0 saturated carbocycles. The Hall–Kier alpha value is -5.15. The number of hydrogen-bond acceptors (Lipinski definition) is 6. The third kappa shape index (κ3) is 4.87. The topological polar surface area (TPSA) is 97.9 Å². The molecule has 0 bridgehead atoms. The summed E-state index contributed by atoms with van der Waals surface area (Å²) in [6, 6.07) is 21.3. The molecule has 0 unspecified atom stereocenters. The number of hydrogen-bond donors (Lipinski definition) is 2. The van der Waals surface area contributed by atoms with Crippen molar-refractivity contribution in [1.29, 1.82) is 0 Å². The van der Waals surface area contributed by atoms with Gasteiger partial charge in [-0.2, -0.15) is 0 Å². The van der Waals surface area contributed by atoms with Crippen molar-refractivity contribution in [1.82, 2.24) is 9.13 Å². The number of nitrogens with zero attached hydrogens (tertiary/aromatic N) is 3. The Kier molecular flexibility index (Phi) is 7.33. The number of aromatic nitrogens is 2. The Balaban J connectivity index is 1.57. The Morgan fingerprint density at radius 3 is 2.60 bits per heavy atom. The number of fused-ring (bicyclic) bond motifs is 2. The molecule has 0 saturated heterocycles.